The first-order chi connectivity index (χ1) is 8.47. The van der Waals surface area contributed by atoms with E-state index in [0.29, 0.717) is 5.57 Å². The van der Waals surface area contributed by atoms with E-state index in [9.17, 15) is 9.59 Å². The second-order valence-electron chi connectivity index (χ2n) is 4.09. The number of carbonyl (C=O) groups excluding carboxylic acids is 2. The maximum absolute atomic E-state index is 11.0. The molecule has 0 aromatic carbocycles. The molecule has 0 unspecified atom stereocenters. The highest BCUT2D eigenvalue weighted by molar-refractivity contribution is 5.92. The zero-order valence-corrected chi connectivity index (χ0v) is 11.4. The Bertz CT molecular complexity index is 444. The predicted octanol–water partition coefficient (Wildman–Crippen LogP) is 3.73. The second-order valence-corrected chi connectivity index (χ2v) is 4.09. The normalized spacial score (nSPS) is 14.6. The van der Waals surface area contributed by atoms with Gasteiger partial charge in [0, 0.05) is 0 Å². The van der Waals surface area contributed by atoms with Gasteiger partial charge < -0.3 is 0 Å². The fourth-order valence-corrected chi connectivity index (χ4v) is 0.971. The van der Waals surface area contributed by atoms with E-state index in [1.807, 2.05) is 37.3 Å². The monoisotopic (exact) mass is 244 g/mol. The van der Waals surface area contributed by atoms with Crippen LogP contribution in [0.15, 0.2) is 59.3 Å². The van der Waals surface area contributed by atoms with Crippen molar-refractivity contribution in [2.24, 2.45) is 0 Å². The summed E-state index contributed by atoms with van der Waals surface area (Å²) in [4.78, 5) is 21.3. The van der Waals surface area contributed by atoms with Gasteiger partial charge in [-0.3, -0.25) is 9.59 Å². The quantitative estimate of drug-likeness (QED) is 0.405. The van der Waals surface area contributed by atoms with Crippen molar-refractivity contribution < 1.29 is 9.59 Å². The van der Waals surface area contributed by atoms with Crippen molar-refractivity contribution in [1.82, 2.24) is 0 Å². The molecular weight excluding hydrogens is 224 g/mol. The average Bonchev–Trinajstić information content (AvgIpc) is 2.33. The highest BCUT2D eigenvalue weighted by Crippen LogP contribution is 1.99. The van der Waals surface area contributed by atoms with Crippen LogP contribution < -0.4 is 0 Å². The van der Waals surface area contributed by atoms with Gasteiger partial charge in [0.2, 0.25) is 0 Å². The van der Waals surface area contributed by atoms with Crippen LogP contribution in [0, 0.1) is 0 Å². The first-order valence-corrected chi connectivity index (χ1v) is 5.80. The SMILES string of the molecule is CC(=O)/C(C)=C/C=C/C(C)=C/C=C/C=C(\C)C=O. The Kier molecular flexibility index (Phi) is 8.12. The molecule has 0 N–H and O–H groups in total. The zero-order valence-electron chi connectivity index (χ0n) is 11.4. The number of rotatable bonds is 6. The molecule has 18 heavy (non-hydrogen) atoms. The molecule has 0 rings (SSSR count). The topological polar surface area (TPSA) is 34.1 Å². The summed E-state index contributed by atoms with van der Waals surface area (Å²) in [6.45, 7) is 7.06. The molecule has 0 aliphatic rings. The molecule has 96 valence electrons. The number of ketones is 1. The summed E-state index contributed by atoms with van der Waals surface area (Å²) >= 11 is 0. The van der Waals surface area contributed by atoms with Crippen LogP contribution in [-0.4, -0.2) is 12.1 Å². The van der Waals surface area contributed by atoms with Gasteiger partial charge >= 0.3 is 0 Å². The van der Waals surface area contributed by atoms with Crippen LogP contribution in [0.5, 0.6) is 0 Å². The van der Waals surface area contributed by atoms with Crippen LogP contribution in [0.25, 0.3) is 0 Å². The van der Waals surface area contributed by atoms with E-state index < -0.39 is 0 Å². The van der Waals surface area contributed by atoms with Crippen molar-refractivity contribution in [3.05, 3.63) is 59.3 Å². The maximum Gasteiger partial charge on any atom is 0.155 e. The fraction of sp³-hybridized carbons (Fsp3) is 0.250. The van der Waals surface area contributed by atoms with E-state index in [2.05, 4.69) is 0 Å². The molecule has 0 heterocycles. The molecule has 0 aromatic rings. The van der Waals surface area contributed by atoms with Gasteiger partial charge in [0.15, 0.2) is 5.78 Å². The lowest BCUT2D eigenvalue weighted by Crippen LogP contribution is -1.89. The predicted molar refractivity (Wildman–Crippen MR) is 76.3 cm³/mol. The summed E-state index contributed by atoms with van der Waals surface area (Å²) in [7, 11) is 0. The number of aldehydes is 1. The first kappa shape index (κ1) is 16.0. The molecule has 0 fully saturated rings. The third kappa shape index (κ3) is 8.22. The molecule has 0 atom stereocenters. The first-order valence-electron chi connectivity index (χ1n) is 5.80. The lowest BCUT2D eigenvalue weighted by Gasteiger charge is -1.90. The Hall–Kier alpha value is -1.96. The minimum atomic E-state index is 0.0793. The Morgan fingerprint density at radius 3 is 1.83 bits per heavy atom. The highest BCUT2D eigenvalue weighted by atomic mass is 16.1. The Morgan fingerprint density at radius 2 is 1.33 bits per heavy atom. The summed E-state index contributed by atoms with van der Waals surface area (Å²) in [6.07, 6.45) is 13.8. The number of Topliss-reactive ketones (excluding diaryl/α,β-unsaturated/α-hetero) is 1. The average molecular weight is 244 g/mol. The van der Waals surface area contributed by atoms with Gasteiger partial charge in [0.05, 0.1) is 0 Å². The standard InChI is InChI=1S/C16H20O2/c1-13(8-5-6-9-14(2)12-17)10-7-11-15(3)16(4)18/h5-12H,1-4H3/b6-5+,10-7+,13-8+,14-9+,15-11+. The number of carbonyl (C=O) groups is 2. The summed E-state index contributed by atoms with van der Waals surface area (Å²) in [5, 5.41) is 0. The number of hydrogen-bond donors (Lipinski definition) is 0. The molecule has 0 aliphatic carbocycles. The van der Waals surface area contributed by atoms with Gasteiger partial charge in [0.1, 0.15) is 6.29 Å². The summed E-state index contributed by atoms with van der Waals surface area (Å²) < 4.78 is 0. The van der Waals surface area contributed by atoms with Crippen molar-refractivity contribution in [1.29, 1.82) is 0 Å². The van der Waals surface area contributed by atoms with Crippen molar-refractivity contribution >= 4 is 12.1 Å². The largest absolute Gasteiger partial charge is 0.298 e. The minimum Gasteiger partial charge on any atom is -0.298 e. The van der Waals surface area contributed by atoms with Crippen molar-refractivity contribution in [3.8, 4) is 0 Å². The molecule has 2 nitrogen and oxygen atoms in total. The Labute approximate surface area is 109 Å². The van der Waals surface area contributed by atoms with Crippen LogP contribution in [0.4, 0.5) is 0 Å². The molecule has 2 heteroatoms. The van der Waals surface area contributed by atoms with E-state index in [4.69, 9.17) is 0 Å². The molecule has 0 spiro atoms. The van der Waals surface area contributed by atoms with E-state index in [1.165, 1.54) is 0 Å². The van der Waals surface area contributed by atoms with E-state index in [0.717, 1.165) is 17.4 Å². The molecule has 0 saturated heterocycles. The molecule has 0 aromatic heterocycles. The van der Waals surface area contributed by atoms with Crippen LogP contribution in [0.3, 0.4) is 0 Å². The third-order valence-electron chi connectivity index (χ3n) is 2.28. The molecular formula is C16H20O2. The number of allylic oxidation sites excluding steroid dienone is 10. The number of hydrogen-bond acceptors (Lipinski definition) is 2. The van der Waals surface area contributed by atoms with Crippen molar-refractivity contribution in [2.45, 2.75) is 27.7 Å². The van der Waals surface area contributed by atoms with Crippen LogP contribution in [0.2, 0.25) is 0 Å². The van der Waals surface area contributed by atoms with Crippen LogP contribution in [-0.2, 0) is 9.59 Å². The Balaban J connectivity index is 4.46. The van der Waals surface area contributed by atoms with Crippen LogP contribution >= 0.6 is 0 Å². The Morgan fingerprint density at radius 1 is 0.778 bits per heavy atom. The van der Waals surface area contributed by atoms with Crippen molar-refractivity contribution in [3.63, 3.8) is 0 Å². The maximum atomic E-state index is 11.0. The third-order valence-corrected chi connectivity index (χ3v) is 2.28. The van der Waals surface area contributed by atoms with E-state index >= 15 is 0 Å². The minimum absolute atomic E-state index is 0.0793. The van der Waals surface area contributed by atoms with E-state index in [-0.39, 0.29) is 5.78 Å². The van der Waals surface area contributed by atoms with Gasteiger partial charge in [-0.15, -0.1) is 0 Å². The van der Waals surface area contributed by atoms with Crippen LogP contribution in [0.1, 0.15) is 27.7 Å². The zero-order chi connectivity index (χ0) is 14.0. The molecule has 0 aliphatic heterocycles. The van der Waals surface area contributed by atoms with Crippen molar-refractivity contribution in [2.75, 3.05) is 0 Å². The summed E-state index contributed by atoms with van der Waals surface area (Å²) in [5.41, 5.74) is 2.49. The second kappa shape index (κ2) is 9.11. The molecule has 0 amide bonds. The lowest BCUT2D eigenvalue weighted by molar-refractivity contribution is -0.113. The lowest BCUT2D eigenvalue weighted by atomic mass is 10.2. The van der Waals surface area contributed by atoms with Gasteiger partial charge in [-0.2, -0.15) is 0 Å². The fourth-order valence-electron chi connectivity index (χ4n) is 0.971. The van der Waals surface area contributed by atoms with Gasteiger partial charge in [0.25, 0.3) is 0 Å². The molecule has 0 radical (unpaired) electrons. The summed E-state index contributed by atoms with van der Waals surface area (Å²) in [6, 6.07) is 0. The van der Waals surface area contributed by atoms with Gasteiger partial charge in [-0.05, 0) is 38.8 Å². The van der Waals surface area contributed by atoms with E-state index in [1.54, 1.807) is 32.9 Å². The van der Waals surface area contributed by atoms with Gasteiger partial charge in [-0.25, -0.2) is 0 Å². The summed E-state index contributed by atoms with van der Waals surface area (Å²) in [5.74, 6) is 0.0793. The van der Waals surface area contributed by atoms with Gasteiger partial charge in [-0.1, -0.05) is 48.1 Å². The highest BCUT2D eigenvalue weighted by Gasteiger charge is 1.91. The molecule has 0 bridgehead atoms. The molecule has 0 saturated carbocycles. The smallest absolute Gasteiger partial charge is 0.155 e.